The number of ether oxygens (including phenoxy) is 2. The van der Waals surface area contributed by atoms with Crippen LogP contribution in [0.3, 0.4) is 0 Å². The summed E-state index contributed by atoms with van der Waals surface area (Å²) in [7, 11) is 0. The van der Waals surface area contributed by atoms with Crippen LogP contribution in [0.4, 0.5) is 0 Å². The van der Waals surface area contributed by atoms with Crippen LogP contribution in [0, 0.1) is 5.92 Å². The zero-order valence-electron chi connectivity index (χ0n) is 28.4. The zero-order valence-corrected chi connectivity index (χ0v) is 28.4. The third-order valence-corrected chi connectivity index (χ3v) is 8.63. The van der Waals surface area contributed by atoms with Crippen molar-refractivity contribution in [3.8, 4) is 0 Å². The summed E-state index contributed by atoms with van der Waals surface area (Å²) >= 11 is 0. The highest BCUT2D eigenvalue weighted by Crippen LogP contribution is 2.16. The Bertz CT molecular complexity index is 579. The molecule has 0 saturated heterocycles. The number of aliphatic hydroxyl groups excluding tert-OH is 1. The van der Waals surface area contributed by atoms with Crippen molar-refractivity contribution in [3.05, 3.63) is 0 Å². The number of hydrogen-bond donors (Lipinski definition) is 1. The highest BCUT2D eigenvalue weighted by atomic mass is 16.6. The van der Waals surface area contributed by atoms with E-state index in [9.17, 15) is 14.7 Å². The van der Waals surface area contributed by atoms with Crippen molar-refractivity contribution in [2.75, 3.05) is 13.2 Å². The minimum atomic E-state index is -0.954. The standard InChI is InChI=1S/C37H72O5/c1-4-6-7-8-9-10-18-21-24-27-30-36(39)41-32-35(38)33-42-37(40)31-28-25-22-19-16-14-12-11-13-15-17-20-23-26-29-34(3)5-2/h34-35,38H,4-33H2,1-3H3/t34?,35-/m1/s1. The molecule has 0 rings (SSSR count). The van der Waals surface area contributed by atoms with Crippen LogP contribution in [0.2, 0.25) is 0 Å². The van der Waals surface area contributed by atoms with E-state index in [4.69, 9.17) is 9.47 Å². The largest absolute Gasteiger partial charge is 0.463 e. The minimum Gasteiger partial charge on any atom is -0.463 e. The lowest BCUT2D eigenvalue weighted by Crippen LogP contribution is -2.25. The quantitative estimate of drug-likeness (QED) is 0.0602. The van der Waals surface area contributed by atoms with Crippen LogP contribution in [0.1, 0.15) is 201 Å². The Balaban J connectivity index is 3.38. The molecular weight excluding hydrogens is 524 g/mol. The molecule has 0 amide bonds. The van der Waals surface area contributed by atoms with Crippen molar-refractivity contribution in [1.29, 1.82) is 0 Å². The topological polar surface area (TPSA) is 72.8 Å². The van der Waals surface area contributed by atoms with Gasteiger partial charge in [0.25, 0.3) is 0 Å². The number of esters is 2. The predicted octanol–water partition coefficient (Wildman–Crippen LogP) is 11.0. The Morgan fingerprint density at radius 3 is 1.14 bits per heavy atom. The van der Waals surface area contributed by atoms with Gasteiger partial charge in [-0.1, -0.05) is 175 Å². The van der Waals surface area contributed by atoms with Crippen molar-refractivity contribution in [1.82, 2.24) is 0 Å². The maximum atomic E-state index is 11.9. The van der Waals surface area contributed by atoms with Crippen LogP contribution in [-0.4, -0.2) is 36.4 Å². The molecule has 0 spiro atoms. The molecule has 5 nitrogen and oxygen atoms in total. The molecule has 0 heterocycles. The first-order chi connectivity index (χ1) is 20.5. The molecule has 0 saturated carbocycles. The first-order valence-corrected chi connectivity index (χ1v) is 18.5. The van der Waals surface area contributed by atoms with Crippen LogP contribution in [-0.2, 0) is 19.1 Å². The number of rotatable bonds is 33. The zero-order chi connectivity index (χ0) is 30.9. The van der Waals surface area contributed by atoms with Gasteiger partial charge in [-0.25, -0.2) is 0 Å². The van der Waals surface area contributed by atoms with Gasteiger partial charge >= 0.3 is 11.9 Å². The lowest BCUT2D eigenvalue weighted by atomic mass is 9.99. The summed E-state index contributed by atoms with van der Waals surface area (Å²) in [5.41, 5.74) is 0. The van der Waals surface area contributed by atoms with E-state index in [1.165, 1.54) is 141 Å². The molecule has 5 heteroatoms. The van der Waals surface area contributed by atoms with Gasteiger partial charge in [-0.15, -0.1) is 0 Å². The molecule has 0 aromatic rings. The third-order valence-electron chi connectivity index (χ3n) is 8.63. The van der Waals surface area contributed by atoms with Crippen LogP contribution < -0.4 is 0 Å². The fraction of sp³-hybridized carbons (Fsp3) is 0.946. The number of aliphatic hydroxyl groups is 1. The summed E-state index contributed by atoms with van der Waals surface area (Å²) in [6, 6.07) is 0. The first kappa shape index (κ1) is 40.9. The number of unbranched alkanes of at least 4 members (excludes halogenated alkanes) is 22. The second-order valence-electron chi connectivity index (χ2n) is 13.0. The van der Waals surface area contributed by atoms with Gasteiger partial charge in [0.1, 0.15) is 19.3 Å². The molecule has 0 aliphatic heterocycles. The Hall–Kier alpha value is -1.10. The SMILES string of the molecule is CCCCCCCCCCCCC(=O)OC[C@@H](O)COC(=O)CCCCCCCCCCCCCCCCC(C)CC. The molecule has 0 radical (unpaired) electrons. The molecule has 1 N–H and O–H groups in total. The predicted molar refractivity (Wildman–Crippen MR) is 178 cm³/mol. The molecule has 0 bridgehead atoms. The molecular formula is C37H72O5. The summed E-state index contributed by atoms with van der Waals surface area (Å²) in [5.74, 6) is 0.347. The van der Waals surface area contributed by atoms with Gasteiger partial charge in [0.15, 0.2) is 0 Å². The maximum absolute atomic E-state index is 11.9. The second kappa shape index (κ2) is 32.8. The third kappa shape index (κ3) is 31.8. The van der Waals surface area contributed by atoms with Crippen molar-refractivity contribution < 1.29 is 24.2 Å². The van der Waals surface area contributed by atoms with Crippen LogP contribution >= 0.6 is 0 Å². The number of carbonyl (C=O) groups is 2. The smallest absolute Gasteiger partial charge is 0.305 e. The van der Waals surface area contributed by atoms with E-state index in [1.807, 2.05) is 0 Å². The Morgan fingerprint density at radius 1 is 0.500 bits per heavy atom. The molecule has 2 atom stereocenters. The average molecular weight is 597 g/mol. The highest BCUT2D eigenvalue weighted by Gasteiger charge is 2.12. The fourth-order valence-electron chi connectivity index (χ4n) is 5.42. The normalized spacial score (nSPS) is 12.8. The monoisotopic (exact) mass is 597 g/mol. The molecule has 250 valence electrons. The van der Waals surface area contributed by atoms with E-state index < -0.39 is 6.10 Å². The van der Waals surface area contributed by atoms with Crippen LogP contribution in [0.15, 0.2) is 0 Å². The Labute approximate surface area is 261 Å². The van der Waals surface area contributed by atoms with E-state index >= 15 is 0 Å². The van der Waals surface area contributed by atoms with Gasteiger partial charge in [0.05, 0.1) is 0 Å². The van der Waals surface area contributed by atoms with E-state index in [2.05, 4.69) is 20.8 Å². The Kier molecular flexibility index (Phi) is 31.9. The van der Waals surface area contributed by atoms with E-state index in [1.54, 1.807) is 0 Å². The fourth-order valence-corrected chi connectivity index (χ4v) is 5.42. The van der Waals surface area contributed by atoms with Gasteiger partial charge in [-0.05, 0) is 18.8 Å². The maximum Gasteiger partial charge on any atom is 0.305 e. The van der Waals surface area contributed by atoms with Gasteiger partial charge in [-0.2, -0.15) is 0 Å². The molecule has 0 aromatic carbocycles. The van der Waals surface area contributed by atoms with Crippen LogP contribution in [0.25, 0.3) is 0 Å². The number of carbonyl (C=O) groups excluding carboxylic acids is 2. The average Bonchev–Trinajstić information content (AvgIpc) is 2.99. The summed E-state index contributed by atoms with van der Waals surface area (Å²) in [4.78, 5) is 23.8. The molecule has 0 aliphatic carbocycles. The summed E-state index contributed by atoms with van der Waals surface area (Å²) in [6.45, 7) is 6.69. The molecule has 1 unspecified atom stereocenters. The van der Waals surface area contributed by atoms with E-state index in [0.717, 1.165) is 31.6 Å². The summed E-state index contributed by atoms with van der Waals surface area (Å²) < 4.78 is 10.3. The van der Waals surface area contributed by atoms with Crippen molar-refractivity contribution in [2.24, 2.45) is 5.92 Å². The summed E-state index contributed by atoms with van der Waals surface area (Å²) in [5, 5.41) is 9.97. The number of hydrogen-bond acceptors (Lipinski definition) is 5. The van der Waals surface area contributed by atoms with Gasteiger partial charge in [0.2, 0.25) is 0 Å². The molecule has 0 aromatic heterocycles. The second-order valence-corrected chi connectivity index (χ2v) is 13.0. The Morgan fingerprint density at radius 2 is 0.810 bits per heavy atom. The van der Waals surface area contributed by atoms with E-state index in [-0.39, 0.29) is 25.2 Å². The summed E-state index contributed by atoms with van der Waals surface area (Å²) in [6.07, 6.45) is 32.9. The molecule has 0 aliphatic rings. The van der Waals surface area contributed by atoms with Crippen molar-refractivity contribution >= 4 is 11.9 Å². The van der Waals surface area contributed by atoms with Gasteiger partial charge < -0.3 is 14.6 Å². The van der Waals surface area contributed by atoms with E-state index in [0.29, 0.717) is 12.8 Å². The highest BCUT2D eigenvalue weighted by molar-refractivity contribution is 5.69. The molecule has 42 heavy (non-hydrogen) atoms. The van der Waals surface area contributed by atoms with Crippen molar-refractivity contribution in [2.45, 2.75) is 207 Å². The first-order valence-electron chi connectivity index (χ1n) is 18.5. The minimum absolute atomic E-state index is 0.109. The van der Waals surface area contributed by atoms with Crippen LogP contribution in [0.5, 0.6) is 0 Å². The lowest BCUT2D eigenvalue weighted by Gasteiger charge is -2.12. The van der Waals surface area contributed by atoms with Gasteiger partial charge in [0, 0.05) is 12.8 Å². The lowest BCUT2D eigenvalue weighted by molar-refractivity contribution is -0.152. The van der Waals surface area contributed by atoms with Gasteiger partial charge in [-0.3, -0.25) is 9.59 Å². The molecule has 0 fully saturated rings. The van der Waals surface area contributed by atoms with Crippen molar-refractivity contribution in [3.63, 3.8) is 0 Å².